The van der Waals surface area contributed by atoms with Crippen LogP contribution < -0.4 is 0 Å². The Balaban J connectivity index is 1.51. The molecule has 0 N–H and O–H groups in total. The Kier molecular flexibility index (Phi) is 7.09. The van der Waals surface area contributed by atoms with E-state index in [0.717, 1.165) is 34.5 Å². The third-order valence-corrected chi connectivity index (χ3v) is 8.81. The lowest BCUT2D eigenvalue weighted by atomic mass is 10.0. The van der Waals surface area contributed by atoms with Gasteiger partial charge >= 0.3 is 0 Å². The number of aromatic nitrogens is 1. The summed E-state index contributed by atoms with van der Waals surface area (Å²) < 4.78 is 23.5. The zero-order valence-electron chi connectivity index (χ0n) is 17.8. The van der Waals surface area contributed by atoms with E-state index < -0.39 is 14.6 Å². The highest BCUT2D eigenvalue weighted by molar-refractivity contribution is 7.92. The van der Waals surface area contributed by atoms with Gasteiger partial charge in [-0.05, 0) is 44.4 Å². The van der Waals surface area contributed by atoms with Gasteiger partial charge in [-0.1, -0.05) is 48.9 Å². The summed E-state index contributed by atoms with van der Waals surface area (Å²) in [5.74, 6) is 0.346. The molecule has 160 valence electrons. The fourth-order valence-electron chi connectivity index (χ4n) is 3.32. The smallest absolute Gasteiger partial charge is 0.155 e. The molecule has 0 aliphatic heterocycles. The first kappa shape index (κ1) is 22.6. The summed E-state index contributed by atoms with van der Waals surface area (Å²) in [5, 5.41) is 5.18. The maximum Gasteiger partial charge on any atom is 0.155 e. The van der Waals surface area contributed by atoms with Crippen molar-refractivity contribution in [3.63, 3.8) is 0 Å². The summed E-state index contributed by atoms with van der Waals surface area (Å²) in [6, 6.07) is 14.4. The molecule has 0 bridgehead atoms. The van der Waals surface area contributed by atoms with E-state index in [0.29, 0.717) is 19.3 Å². The van der Waals surface area contributed by atoms with Crippen LogP contribution in [0, 0.1) is 0 Å². The van der Waals surface area contributed by atoms with Gasteiger partial charge in [-0.25, -0.2) is 13.4 Å². The van der Waals surface area contributed by atoms with Gasteiger partial charge in [0, 0.05) is 17.4 Å². The lowest BCUT2D eigenvalue weighted by Gasteiger charge is -2.18. The quantitative estimate of drug-likeness (QED) is 0.389. The Bertz CT molecular complexity index is 1120. The molecule has 3 rings (SSSR count). The van der Waals surface area contributed by atoms with Crippen molar-refractivity contribution in [2.45, 2.75) is 57.6 Å². The zero-order valence-corrected chi connectivity index (χ0v) is 19.5. The summed E-state index contributed by atoms with van der Waals surface area (Å²) in [5.41, 5.74) is 2.00. The van der Waals surface area contributed by atoms with Crippen molar-refractivity contribution in [2.75, 3.05) is 5.75 Å². The van der Waals surface area contributed by atoms with Gasteiger partial charge in [-0.3, -0.25) is 4.79 Å². The molecular weight excluding hydrogens is 414 g/mol. The number of nitrogens with zero attached hydrogens (tertiary/aromatic N) is 1. The van der Waals surface area contributed by atoms with Crippen molar-refractivity contribution in [3.05, 3.63) is 52.9 Å². The second-order valence-electron chi connectivity index (χ2n) is 8.61. The van der Waals surface area contributed by atoms with Gasteiger partial charge in [0.15, 0.2) is 9.84 Å². The first-order valence-electron chi connectivity index (χ1n) is 10.3. The van der Waals surface area contributed by atoms with Gasteiger partial charge in [-0.2, -0.15) is 0 Å². The van der Waals surface area contributed by atoms with E-state index in [1.165, 1.54) is 16.7 Å². The average Bonchev–Trinajstić information content (AvgIpc) is 3.14. The van der Waals surface area contributed by atoms with Gasteiger partial charge in [0.25, 0.3) is 0 Å². The molecule has 4 nitrogen and oxygen atoms in total. The van der Waals surface area contributed by atoms with E-state index in [2.05, 4.69) is 24.3 Å². The largest absolute Gasteiger partial charge is 0.299 e. The highest BCUT2D eigenvalue weighted by Gasteiger charge is 2.27. The normalized spacial score (nSPS) is 12.4. The second kappa shape index (κ2) is 9.40. The number of sulfone groups is 1. The molecule has 6 heteroatoms. The lowest BCUT2D eigenvalue weighted by molar-refractivity contribution is -0.118. The third kappa shape index (κ3) is 5.55. The minimum Gasteiger partial charge on any atom is -0.299 e. The number of fused-ring (bicyclic) bond motifs is 1. The zero-order chi connectivity index (χ0) is 21.8. The van der Waals surface area contributed by atoms with Crippen LogP contribution in [-0.2, 0) is 21.1 Å². The summed E-state index contributed by atoms with van der Waals surface area (Å²) >= 11 is 1.52. The highest BCUT2D eigenvalue weighted by atomic mass is 32.2. The van der Waals surface area contributed by atoms with Crippen LogP contribution in [0.2, 0.25) is 0 Å². The Morgan fingerprint density at radius 2 is 1.73 bits per heavy atom. The average molecular weight is 444 g/mol. The van der Waals surface area contributed by atoms with Crippen molar-refractivity contribution in [3.8, 4) is 11.3 Å². The van der Waals surface area contributed by atoms with Crippen LogP contribution in [0.3, 0.4) is 0 Å². The number of thiazole rings is 1. The number of rotatable bonds is 9. The van der Waals surface area contributed by atoms with Crippen LogP contribution in [0.4, 0.5) is 0 Å². The second-order valence-corrected chi connectivity index (χ2v) is 12.4. The van der Waals surface area contributed by atoms with Gasteiger partial charge in [-0.15, -0.1) is 11.3 Å². The van der Waals surface area contributed by atoms with E-state index >= 15 is 0 Å². The molecule has 30 heavy (non-hydrogen) atoms. The third-order valence-electron chi connectivity index (χ3n) is 5.27. The molecular formula is C24H29NO3S2. The molecule has 0 fully saturated rings. The summed E-state index contributed by atoms with van der Waals surface area (Å²) in [4.78, 5) is 17.0. The molecule has 0 aliphatic rings. The Morgan fingerprint density at radius 1 is 1.00 bits per heavy atom. The van der Waals surface area contributed by atoms with E-state index in [1.807, 2.05) is 23.6 Å². The molecule has 0 spiro atoms. The summed E-state index contributed by atoms with van der Waals surface area (Å²) in [6.45, 7) is 5.19. The highest BCUT2D eigenvalue weighted by Crippen LogP contribution is 2.29. The molecule has 0 radical (unpaired) electrons. The van der Waals surface area contributed by atoms with Gasteiger partial charge in [0.2, 0.25) is 0 Å². The number of Topliss-reactive ketones (excluding diaryl/α,β-unsaturated/α-hetero) is 1. The fourth-order valence-corrected chi connectivity index (χ4v) is 5.34. The van der Waals surface area contributed by atoms with Crippen LogP contribution in [0.15, 0.2) is 47.8 Å². The molecule has 0 unspecified atom stereocenters. The van der Waals surface area contributed by atoms with E-state index in [1.54, 1.807) is 20.8 Å². The van der Waals surface area contributed by atoms with Crippen LogP contribution in [0.5, 0.6) is 0 Å². The molecule has 1 aromatic heterocycles. The van der Waals surface area contributed by atoms with Crippen molar-refractivity contribution in [2.24, 2.45) is 0 Å². The number of carbonyl (C=O) groups excluding carboxylic acids is 1. The van der Waals surface area contributed by atoms with Crippen molar-refractivity contribution in [1.82, 2.24) is 4.98 Å². The maximum absolute atomic E-state index is 12.3. The number of hydrogen-bond donors (Lipinski definition) is 0. The molecule has 2 aromatic carbocycles. The van der Waals surface area contributed by atoms with E-state index in [-0.39, 0.29) is 11.5 Å². The standard InChI is InChI=1S/C24H29NO3S2/c1-24(2,3)30(27,28)15-8-4-5-12-19(26)16-23-25-22(17-29-23)21-14-9-11-18-10-6-7-13-20(18)21/h6-7,9-11,13-14,17H,4-5,8,12,15-16H2,1-3H3. The van der Waals surface area contributed by atoms with Crippen molar-refractivity contribution < 1.29 is 13.2 Å². The Morgan fingerprint density at radius 3 is 2.50 bits per heavy atom. The number of hydrogen-bond acceptors (Lipinski definition) is 5. The van der Waals surface area contributed by atoms with Crippen LogP contribution in [0.1, 0.15) is 51.5 Å². The maximum atomic E-state index is 12.3. The predicted molar refractivity (Wildman–Crippen MR) is 126 cm³/mol. The Hall–Kier alpha value is -2.05. The molecule has 0 saturated carbocycles. The van der Waals surface area contributed by atoms with Gasteiger partial charge in [0.1, 0.15) is 10.8 Å². The first-order chi connectivity index (χ1) is 14.2. The Labute approximate surface area is 183 Å². The first-order valence-corrected chi connectivity index (χ1v) is 12.9. The SMILES string of the molecule is CC(C)(C)S(=O)(=O)CCCCCC(=O)Cc1nc(-c2cccc3ccccc23)cs1. The van der Waals surface area contributed by atoms with Crippen LogP contribution >= 0.6 is 11.3 Å². The van der Waals surface area contributed by atoms with Crippen LogP contribution in [-0.4, -0.2) is 29.7 Å². The fraction of sp³-hybridized carbons (Fsp3) is 0.417. The minimum atomic E-state index is -3.08. The summed E-state index contributed by atoms with van der Waals surface area (Å²) in [6.07, 6.45) is 2.89. The van der Waals surface area contributed by atoms with Gasteiger partial charge in [0.05, 0.1) is 22.6 Å². The van der Waals surface area contributed by atoms with E-state index in [4.69, 9.17) is 4.98 Å². The molecule has 1 heterocycles. The minimum absolute atomic E-state index is 0.160. The molecule has 0 amide bonds. The molecule has 0 saturated heterocycles. The monoisotopic (exact) mass is 443 g/mol. The molecule has 0 atom stereocenters. The van der Waals surface area contributed by atoms with Crippen LogP contribution in [0.25, 0.3) is 22.0 Å². The van der Waals surface area contributed by atoms with Gasteiger partial charge < -0.3 is 0 Å². The number of unbranched alkanes of at least 4 members (excludes halogenated alkanes) is 2. The lowest BCUT2D eigenvalue weighted by Crippen LogP contribution is -2.30. The number of ketones is 1. The van der Waals surface area contributed by atoms with Crippen molar-refractivity contribution >= 4 is 37.7 Å². The number of benzene rings is 2. The molecule has 0 aliphatic carbocycles. The predicted octanol–water partition coefficient (Wildman–Crippen LogP) is 5.85. The van der Waals surface area contributed by atoms with Crippen molar-refractivity contribution in [1.29, 1.82) is 0 Å². The molecule has 3 aromatic rings. The summed E-state index contributed by atoms with van der Waals surface area (Å²) in [7, 11) is -3.08. The topological polar surface area (TPSA) is 64.1 Å². The van der Waals surface area contributed by atoms with E-state index in [9.17, 15) is 13.2 Å². The number of carbonyl (C=O) groups is 1.